The van der Waals surface area contributed by atoms with Crippen molar-refractivity contribution in [3.05, 3.63) is 77.1 Å². The molecule has 144 valence electrons. The number of aromatic nitrogens is 1. The molecule has 1 saturated heterocycles. The first kappa shape index (κ1) is 18.4. The van der Waals surface area contributed by atoms with Crippen molar-refractivity contribution in [2.45, 2.75) is 6.61 Å². The lowest BCUT2D eigenvalue weighted by Gasteiger charge is -2.34. The number of carbonyl (C=O) groups excluding carboxylic acids is 1. The highest BCUT2D eigenvalue weighted by Crippen LogP contribution is 2.24. The van der Waals surface area contributed by atoms with Crippen molar-refractivity contribution in [1.82, 2.24) is 9.88 Å². The second-order valence-corrected chi connectivity index (χ2v) is 7.38. The first-order valence-corrected chi connectivity index (χ1v) is 9.98. The third-order valence-corrected chi connectivity index (χ3v) is 5.51. The molecule has 0 aliphatic carbocycles. The van der Waals surface area contributed by atoms with Gasteiger partial charge in [-0.05, 0) is 29.8 Å². The Morgan fingerprint density at radius 3 is 2.54 bits per heavy atom. The van der Waals surface area contributed by atoms with Crippen LogP contribution < -0.4 is 9.64 Å². The Morgan fingerprint density at radius 1 is 1.07 bits per heavy atom. The molecular weight excluding hydrogens is 377 g/mol. The van der Waals surface area contributed by atoms with Gasteiger partial charge in [0.05, 0.1) is 5.56 Å². The molecule has 1 amide bonds. The summed E-state index contributed by atoms with van der Waals surface area (Å²) in [7, 11) is 0. The van der Waals surface area contributed by atoms with Gasteiger partial charge in [-0.1, -0.05) is 24.3 Å². The summed E-state index contributed by atoms with van der Waals surface area (Å²) in [5, 5.41) is 2.96. The molecule has 0 spiro atoms. The maximum atomic E-state index is 13.0. The van der Waals surface area contributed by atoms with Crippen LogP contribution in [0.2, 0.25) is 0 Å². The highest BCUT2D eigenvalue weighted by atomic mass is 32.1. The van der Waals surface area contributed by atoms with Crippen molar-refractivity contribution in [2.24, 2.45) is 0 Å². The van der Waals surface area contributed by atoms with E-state index in [9.17, 15) is 9.18 Å². The van der Waals surface area contributed by atoms with E-state index in [-0.39, 0.29) is 18.3 Å². The molecule has 1 fully saturated rings. The highest BCUT2D eigenvalue weighted by Gasteiger charge is 2.25. The van der Waals surface area contributed by atoms with Gasteiger partial charge in [0.1, 0.15) is 18.2 Å². The van der Waals surface area contributed by atoms with Crippen LogP contribution in [0.25, 0.3) is 0 Å². The molecule has 0 radical (unpaired) electrons. The predicted molar refractivity (Wildman–Crippen MR) is 107 cm³/mol. The first-order chi connectivity index (χ1) is 13.7. The molecule has 2 aromatic carbocycles. The minimum Gasteiger partial charge on any atom is -0.488 e. The number of benzene rings is 2. The number of halogens is 1. The van der Waals surface area contributed by atoms with E-state index in [1.807, 2.05) is 22.4 Å². The molecule has 0 bridgehead atoms. The molecule has 5 nitrogen and oxygen atoms in total. The SMILES string of the molecule is O=C(c1ccccc1OCc1ccc(F)cc1)N1CCN(c2nccs2)CC1. The first-order valence-electron chi connectivity index (χ1n) is 9.11. The van der Waals surface area contributed by atoms with Gasteiger partial charge < -0.3 is 14.5 Å². The van der Waals surface area contributed by atoms with Gasteiger partial charge in [-0.2, -0.15) is 0 Å². The van der Waals surface area contributed by atoms with Crippen LogP contribution in [0.4, 0.5) is 9.52 Å². The number of carbonyl (C=O) groups is 1. The zero-order valence-corrected chi connectivity index (χ0v) is 16.1. The average Bonchev–Trinajstić information content (AvgIpc) is 3.28. The van der Waals surface area contributed by atoms with Gasteiger partial charge in [-0.25, -0.2) is 9.37 Å². The number of para-hydroxylation sites is 1. The van der Waals surface area contributed by atoms with Gasteiger partial charge in [0.2, 0.25) is 0 Å². The van der Waals surface area contributed by atoms with Crippen LogP contribution in [0.3, 0.4) is 0 Å². The van der Waals surface area contributed by atoms with E-state index < -0.39 is 0 Å². The van der Waals surface area contributed by atoms with Crippen molar-refractivity contribution in [3.8, 4) is 5.75 Å². The summed E-state index contributed by atoms with van der Waals surface area (Å²) in [6, 6.07) is 13.4. The quantitative estimate of drug-likeness (QED) is 0.657. The zero-order chi connectivity index (χ0) is 19.3. The van der Waals surface area contributed by atoms with Crippen LogP contribution in [0.1, 0.15) is 15.9 Å². The van der Waals surface area contributed by atoms with Crippen LogP contribution in [0.15, 0.2) is 60.1 Å². The fraction of sp³-hybridized carbons (Fsp3) is 0.238. The lowest BCUT2D eigenvalue weighted by atomic mass is 10.1. The van der Waals surface area contributed by atoms with E-state index in [2.05, 4.69) is 9.88 Å². The summed E-state index contributed by atoms with van der Waals surface area (Å²) < 4.78 is 18.9. The summed E-state index contributed by atoms with van der Waals surface area (Å²) in [5.41, 5.74) is 1.40. The second kappa shape index (κ2) is 8.39. The van der Waals surface area contributed by atoms with E-state index >= 15 is 0 Å². The molecular formula is C21H20FN3O2S. The monoisotopic (exact) mass is 397 g/mol. The van der Waals surface area contributed by atoms with Crippen LogP contribution in [0.5, 0.6) is 5.75 Å². The summed E-state index contributed by atoms with van der Waals surface area (Å²) >= 11 is 1.61. The zero-order valence-electron chi connectivity index (χ0n) is 15.3. The average molecular weight is 397 g/mol. The van der Waals surface area contributed by atoms with Gasteiger partial charge >= 0.3 is 0 Å². The summed E-state index contributed by atoms with van der Waals surface area (Å²) in [6.45, 7) is 3.09. The van der Waals surface area contributed by atoms with Crippen LogP contribution >= 0.6 is 11.3 Å². The number of hydrogen-bond acceptors (Lipinski definition) is 5. The maximum Gasteiger partial charge on any atom is 0.257 e. The Morgan fingerprint density at radius 2 is 1.82 bits per heavy atom. The number of ether oxygens (including phenoxy) is 1. The fourth-order valence-corrected chi connectivity index (χ4v) is 3.85. The third kappa shape index (κ3) is 4.14. The maximum absolute atomic E-state index is 13.0. The summed E-state index contributed by atoms with van der Waals surface area (Å²) in [6.07, 6.45) is 1.80. The Bertz CT molecular complexity index is 923. The van der Waals surface area contributed by atoms with E-state index in [0.29, 0.717) is 24.4 Å². The van der Waals surface area contributed by atoms with Crippen molar-refractivity contribution in [1.29, 1.82) is 0 Å². The van der Waals surface area contributed by atoms with E-state index in [0.717, 1.165) is 23.8 Å². The van der Waals surface area contributed by atoms with Gasteiger partial charge in [-0.15, -0.1) is 11.3 Å². The minimum atomic E-state index is -0.281. The smallest absolute Gasteiger partial charge is 0.257 e. The third-order valence-electron chi connectivity index (χ3n) is 4.68. The Kier molecular flexibility index (Phi) is 5.53. The minimum absolute atomic E-state index is 0.0338. The molecule has 0 N–H and O–H groups in total. The molecule has 4 rings (SSSR count). The summed E-state index contributed by atoms with van der Waals surface area (Å²) in [5.74, 6) is 0.226. The van der Waals surface area contributed by atoms with Gasteiger partial charge in [0.25, 0.3) is 5.91 Å². The van der Waals surface area contributed by atoms with Crippen molar-refractivity contribution >= 4 is 22.4 Å². The van der Waals surface area contributed by atoms with Gasteiger partial charge in [0, 0.05) is 37.8 Å². The predicted octanol–water partition coefficient (Wildman–Crippen LogP) is 3.82. The Labute approximate surface area is 167 Å². The lowest BCUT2D eigenvalue weighted by molar-refractivity contribution is 0.0742. The van der Waals surface area contributed by atoms with E-state index in [1.165, 1.54) is 12.1 Å². The summed E-state index contributed by atoms with van der Waals surface area (Å²) in [4.78, 5) is 21.4. The number of amides is 1. The second-order valence-electron chi connectivity index (χ2n) is 6.51. The number of rotatable bonds is 5. The molecule has 0 unspecified atom stereocenters. The molecule has 0 atom stereocenters. The van der Waals surface area contributed by atoms with Crippen LogP contribution in [-0.4, -0.2) is 42.0 Å². The number of anilines is 1. The molecule has 2 heterocycles. The molecule has 1 aliphatic heterocycles. The molecule has 1 aliphatic rings. The van der Waals surface area contributed by atoms with Crippen molar-refractivity contribution in [2.75, 3.05) is 31.1 Å². The van der Waals surface area contributed by atoms with E-state index in [4.69, 9.17) is 4.74 Å². The lowest BCUT2D eigenvalue weighted by Crippen LogP contribution is -2.48. The number of hydrogen-bond donors (Lipinski definition) is 0. The van der Waals surface area contributed by atoms with Crippen molar-refractivity contribution < 1.29 is 13.9 Å². The van der Waals surface area contributed by atoms with Gasteiger partial charge in [0.15, 0.2) is 5.13 Å². The van der Waals surface area contributed by atoms with Crippen LogP contribution in [-0.2, 0) is 6.61 Å². The fourth-order valence-electron chi connectivity index (χ4n) is 3.15. The van der Waals surface area contributed by atoms with E-state index in [1.54, 1.807) is 41.8 Å². The molecule has 28 heavy (non-hydrogen) atoms. The highest BCUT2D eigenvalue weighted by molar-refractivity contribution is 7.13. The molecule has 0 saturated carbocycles. The Balaban J connectivity index is 1.41. The Hall–Kier alpha value is -2.93. The topological polar surface area (TPSA) is 45.7 Å². The molecule has 1 aromatic heterocycles. The largest absolute Gasteiger partial charge is 0.488 e. The number of thiazole rings is 1. The van der Waals surface area contributed by atoms with Gasteiger partial charge in [-0.3, -0.25) is 4.79 Å². The standard InChI is InChI=1S/C21H20FN3O2S/c22-17-7-5-16(6-8-17)15-27-19-4-2-1-3-18(19)20(26)24-10-12-25(13-11-24)21-23-9-14-28-21/h1-9,14H,10-13,15H2. The van der Waals surface area contributed by atoms with Crippen LogP contribution in [0, 0.1) is 5.82 Å². The molecule has 7 heteroatoms. The number of nitrogens with zero attached hydrogens (tertiary/aromatic N) is 3. The number of piperazine rings is 1. The normalized spacial score (nSPS) is 14.2. The molecule has 3 aromatic rings. The van der Waals surface area contributed by atoms with Crippen molar-refractivity contribution in [3.63, 3.8) is 0 Å².